The number of aromatic amines is 1. The molecule has 4 aromatic rings. The molecule has 2 aliphatic rings. The van der Waals surface area contributed by atoms with Crippen LogP contribution in [0.15, 0.2) is 59.7 Å². The van der Waals surface area contributed by atoms with Crippen molar-refractivity contribution in [1.29, 1.82) is 0 Å². The molecular formula is C28H30F3N7O2. The normalized spacial score (nSPS) is 20.3. The molecule has 0 radical (unpaired) electrons. The summed E-state index contributed by atoms with van der Waals surface area (Å²) in [4.78, 5) is 39.0. The number of hydrogen-bond acceptors (Lipinski definition) is 4. The van der Waals surface area contributed by atoms with Gasteiger partial charge in [-0.15, -0.1) is 0 Å². The number of halogens is 3. The molecule has 2 N–H and O–H groups in total. The highest BCUT2D eigenvalue weighted by Crippen LogP contribution is 2.35. The monoisotopic (exact) mass is 553 g/mol. The van der Waals surface area contributed by atoms with E-state index in [1.165, 1.54) is 6.20 Å². The van der Waals surface area contributed by atoms with Gasteiger partial charge in [0.1, 0.15) is 5.82 Å². The lowest BCUT2D eigenvalue weighted by Crippen LogP contribution is -2.46. The van der Waals surface area contributed by atoms with E-state index in [-0.39, 0.29) is 29.4 Å². The average molecular weight is 554 g/mol. The molecule has 0 saturated carbocycles. The topological polar surface area (TPSA) is 101 Å². The first-order valence-electron chi connectivity index (χ1n) is 13.5. The van der Waals surface area contributed by atoms with E-state index in [0.29, 0.717) is 56.8 Å². The Hall–Kier alpha value is -4.09. The molecule has 0 bridgehead atoms. The number of pyridine rings is 1. The average Bonchev–Trinajstić information content (AvgIpc) is 3.42. The number of nitrogens with one attached hydrogen (secondary N) is 2. The number of amides is 2. The molecule has 40 heavy (non-hydrogen) atoms. The number of nitrogens with zero attached hydrogens (tertiary/aromatic N) is 5. The van der Waals surface area contributed by atoms with E-state index in [4.69, 9.17) is 0 Å². The number of likely N-dealkylation sites (tertiary alicyclic amines) is 1. The van der Waals surface area contributed by atoms with Crippen molar-refractivity contribution in [3.05, 3.63) is 82.4 Å². The van der Waals surface area contributed by atoms with Crippen LogP contribution in [0.4, 0.5) is 18.0 Å². The fourth-order valence-electron chi connectivity index (χ4n) is 6.09. The minimum absolute atomic E-state index is 0.00255. The first kappa shape index (κ1) is 26.1. The van der Waals surface area contributed by atoms with Gasteiger partial charge in [0, 0.05) is 49.7 Å². The molecule has 210 valence electrons. The number of alkyl halides is 3. The maximum absolute atomic E-state index is 13.4. The van der Waals surface area contributed by atoms with Crippen LogP contribution >= 0.6 is 0 Å². The number of fused-ring (bicyclic) bond motifs is 2. The van der Waals surface area contributed by atoms with Gasteiger partial charge in [-0.25, -0.2) is 19.6 Å². The number of aromatic nitrogens is 5. The highest BCUT2D eigenvalue weighted by molar-refractivity contribution is 5.75. The molecule has 12 heteroatoms. The van der Waals surface area contributed by atoms with E-state index in [0.717, 1.165) is 11.1 Å². The summed E-state index contributed by atoms with van der Waals surface area (Å²) in [6.07, 6.45) is -0.0707. The van der Waals surface area contributed by atoms with Crippen molar-refractivity contribution >= 4 is 17.2 Å². The number of hydrogen-bond donors (Lipinski definition) is 2. The molecule has 2 atom stereocenters. The van der Waals surface area contributed by atoms with Gasteiger partial charge in [-0.05, 0) is 43.4 Å². The van der Waals surface area contributed by atoms with Gasteiger partial charge in [0.25, 0.3) is 0 Å². The summed E-state index contributed by atoms with van der Waals surface area (Å²) in [5.74, 6) is 0.460. The molecule has 1 aromatic carbocycles. The second-order valence-corrected chi connectivity index (χ2v) is 10.6. The smallest absolute Gasteiger partial charge is 0.329 e. The fourth-order valence-corrected chi connectivity index (χ4v) is 6.09. The zero-order valence-corrected chi connectivity index (χ0v) is 21.8. The number of imidazole rings is 2. The van der Waals surface area contributed by atoms with Crippen molar-refractivity contribution in [1.82, 2.24) is 34.3 Å². The van der Waals surface area contributed by atoms with Gasteiger partial charge in [-0.3, -0.25) is 9.55 Å². The Bertz CT molecular complexity index is 1550. The van der Waals surface area contributed by atoms with Crippen LogP contribution in [0.1, 0.15) is 60.8 Å². The summed E-state index contributed by atoms with van der Waals surface area (Å²) in [6, 6.07) is 12.5. The second kappa shape index (κ2) is 10.5. The maximum atomic E-state index is 13.4. The molecule has 5 heterocycles. The molecule has 0 spiro atoms. The van der Waals surface area contributed by atoms with Crippen LogP contribution in [-0.4, -0.2) is 54.3 Å². The summed E-state index contributed by atoms with van der Waals surface area (Å²) in [5.41, 5.74) is 2.21. The van der Waals surface area contributed by atoms with E-state index in [2.05, 4.69) is 20.3 Å². The zero-order valence-electron chi connectivity index (χ0n) is 21.8. The number of piperidine rings is 1. The van der Waals surface area contributed by atoms with Crippen LogP contribution in [0.3, 0.4) is 0 Å². The summed E-state index contributed by atoms with van der Waals surface area (Å²) >= 11 is 0. The lowest BCUT2D eigenvalue weighted by atomic mass is 9.93. The van der Waals surface area contributed by atoms with Gasteiger partial charge in [0.2, 0.25) is 0 Å². The van der Waals surface area contributed by atoms with Gasteiger partial charge >= 0.3 is 17.9 Å². The molecule has 9 nitrogen and oxygen atoms in total. The van der Waals surface area contributed by atoms with Gasteiger partial charge in [0.05, 0.1) is 18.0 Å². The van der Waals surface area contributed by atoms with Crippen LogP contribution in [0, 0.1) is 0 Å². The molecule has 3 aromatic heterocycles. The third-order valence-corrected chi connectivity index (χ3v) is 8.04. The van der Waals surface area contributed by atoms with Crippen LogP contribution in [0.2, 0.25) is 0 Å². The highest BCUT2D eigenvalue weighted by atomic mass is 19.4. The molecule has 0 aliphatic carbocycles. The molecule has 2 amide bonds. The van der Waals surface area contributed by atoms with Gasteiger partial charge in [0.15, 0.2) is 5.65 Å². The number of urea groups is 1. The molecule has 1 saturated heterocycles. The zero-order chi connectivity index (χ0) is 27.9. The standard InChI is InChI=1S/C28H30F3N7O2/c29-28(30,31)15-21-16-33-25-22(9-8-19(17-37(21)25)18-5-2-1-3-6-18)34-26(39)36-13-10-20(11-14-36)38-23-7-4-12-32-24(23)35-27(38)40/h1-7,12,16,19-20,22H,8-11,13-15,17H2,(H,34,39)(H,32,35,40)/t19-,22-/m1/s1. The number of carbonyl (C=O) groups excluding carboxylic acids is 1. The lowest BCUT2D eigenvalue weighted by molar-refractivity contribution is -0.128. The van der Waals surface area contributed by atoms with E-state index < -0.39 is 18.6 Å². The number of H-pyrrole nitrogens is 1. The Morgan fingerprint density at radius 3 is 2.55 bits per heavy atom. The van der Waals surface area contributed by atoms with E-state index >= 15 is 0 Å². The number of rotatable bonds is 4. The van der Waals surface area contributed by atoms with E-state index in [1.54, 1.807) is 26.3 Å². The van der Waals surface area contributed by atoms with Gasteiger partial charge in [-0.2, -0.15) is 13.2 Å². The van der Waals surface area contributed by atoms with Crippen molar-refractivity contribution in [2.75, 3.05) is 13.1 Å². The van der Waals surface area contributed by atoms with Crippen LogP contribution in [-0.2, 0) is 13.0 Å². The van der Waals surface area contributed by atoms with Crippen LogP contribution < -0.4 is 11.0 Å². The van der Waals surface area contributed by atoms with Crippen molar-refractivity contribution in [3.8, 4) is 0 Å². The van der Waals surface area contributed by atoms with E-state index in [1.807, 2.05) is 36.4 Å². The predicted molar refractivity (Wildman–Crippen MR) is 142 cm³/mol. The Morgan fingerprint density at radius 2 is 1.80 bits per heavy atom. The first-order chi connectivity index (χ1) is 19.3. The van der Waals surface area contributed by atoms with Gasteiger partial charge in [-0.1, -0.05) is 30.3 Å². The Labute approximate surface area is 228 Å². The Balaban J connectivity index is 1.18. The van der Waals surface area contributed by atoms with Crippen molar-refractivity contribution in [2.24, 2.45) is 0 Å². The third-order valence-electron chi connectivity index (χ3n) is 8.04. The number of carbonyl (C=O) groups is 1. The molecule has 2 aliphatic heterocycles. The van der Waals surface area contributed by atoms with Crippen LogP contribution in [0.25, 0.3) is 11.2 Å². The summed E-state index contributed by atoms with van der Waals surface area (Å²) in [6.45, 7) is 1.27. The number of benzene rings is 1. The molecular weight excluding hydrogens is 523 g/mol. The maximum Gasteiger partial charge on any atom is 0.394 e. The second-order valence-electron chi connectivity index (χ2n) is 10.6. The summed E-state index contributed by atoms with van der Waals surface area (Å²) < 4.78 is 43.4. The minimum atomic E-state index is -4.36. The Morgan fingerprint density at radius 1 is 1.02 bits per heavy atom. The Kier molecular flexibility index (Phi) is 6.85. The molecule has 0 unspecified atom stereocenters. The SMILES string of the molecule is O=C(N[C@@H]1CC[C@@H](c2ccccc2)Cn2c(CC(F)(F)F)cnc21)N1CCC(n2c(=O)[nH]c3ncccc32)CC1. The largest absolute Gasteiger partial charge is 0.394 e. The summed E-state index contributed by atoms with van der Waals surface area (Å²) in [5, 5.41) is 3.06. The van der Waals surface area contributed by atoms with Gasteiger partial charge < -0.3 is 14.8 Å². The highest BCUT2D eigenvalue weighted by Gasteiger charge is 2.35. The summed E-state index contributed by atoms with van der Waals surface area (Å²) in [7, 11) is 0. The minimum Gasteiger partial charge on any atom is -0.329 e. The van der Waals surface area contributed by atoms with E-state index in [9.17, 15) is 22.8 Å². The van der Waals surface area contributed by atoms with Crippen molar-refractivity contribution in [3.63, 3.8) is 0 Å². The molecule has 6 rings (SSSR count). The third kappa shape index (κ3) is 5.22. The lowest BCUT2D eigenvalue weighted by Gasteiger charge is -2.33. The fraction of sp³-hybridized carbons (Fsp3) is 0.429. The quantitative estimate of drug-likeness (QED) is 0.383. The van der Waals surface area contributed by atoms with Crippen LogP contribution in [0.5, 0.6) is 0 Å². The predicted octanol–water partition coefficient (Wildman–Crippen LogP) is 4.69. The first-order valence-corrected chi connectivity index (χ1v) is 13.5. The molecule has 1 fully saturated rings. The van der Waals surface area contributed by atoms with Crippen molar-refractivity contribution < 1.29 is 18.0 Å². The van der Waals surface area contributed by atoms with Crippen molar-refractivity contribution in [2.45, 2.75) is 62.8 Å².